The summed E-state index contributed by atoms with van der Waals surface area (Å²) in [6.45, 7) is 4.63. The number of likely N-dealkylation sites (tertiary alicyclic amines) is 1. The minimum atomic E-state index is 0.343. The summed E-state index contributed by atoms with van der Waals surface area (Å²) in [5.74, 6) is 2.35. The van der Waals surface area contributed by atoms with Gasteiger partial charge in [-0.1, -0.05) is 0 Å². The Morgan fingerprint density at radius 3 is 2.69 bits per heavy atom. The summed E-state index contributed by atoms with van der Waals surface area (Å²) in [4.78, 5) is 20.7. The Hall–Kier alpha value is -3.24. The molecule has 1 aliphatic heterocycles. The van der Waals surface area contributed by atoms with E-state index < -0.39 is 0 Å². The molecule has 9 nitrogen and oxygen atoms in total. The lowest BCUT2D eigenvalue weighted by Crippen LogP contribution is -2.37. The van der Waals surface area contributed by atoms with Gasteiger partial charge in [-0.05, 0) is 70.2 Å². The Morgan fingerprint density at radius 2 is 1.88 bits per heavy atom. The molecule has 3 N–H and O–H groups in total. The van der Waals surface area contributed by atoms with Crippen LogP contribution < -0.4 is 16.0 Å². The van der Waals surface area contributed by atoms with Crippen molar-refractivity contribution in [1.82, 2.24) is 24.8 Å². The molecule has 166 valence electrons. The summed E-state index contributed by atoms with van der Waals surface area (Å²) in [6.07, 6.45) is 3.77. The summed E-state index contributed by atoms with van der Waals surface area (Å²) < 4.78 is 6.54. The molecular weight excluding hydrogens is 424 g/mol. The highest BCUT2D eigenvalue weighted by Crippen LogP contribution is 2.26. The van der Waals surface area contributed by atoms with Crippen LogP contribution in [0.5, 0.6) is 0 Å². The van der Waals surface area contributed by atoms with Gasteiger partial charge in [0.15, 0.2) is 0 Å². The first-order valence-corrected chi connectivity index (χ1v) is 11.5. The molecule has 0 unspecified atom stereocenters. The third-order valence-corrected chi connectivity index (χ3v) is 6.37. The molecule has 3 aromatic heterocycles. The molecule has 0 saturated carbocycles. The molecule has 0 bridgehead atoms. The number of benzene rings is 1. The second kappa shape index (κ2) is 9.09. The SMILES string of the molecule is Cc1nc2ccc(Nc3nc(NCc4ccco4)nc(NC4CCN(C)CC4)n3)cc2s1. The van der Waals surface area contributed by atoms with E-state index in [4.69, 9.17) is 4.42 Å². The molecule has 0 spiro atoms. The van der Waals surface area contributed by atoms with E-state index in [0.717, 1.165) is 52.6 Å². The van der Waals surface area contributed by atoms with Crippen LogP contribution in [0.1, 0.15) is 23.6 Å². The predicted molar refractivity (Wildman–Crippen MR) is 128 cm³/mol. The number of hydrogen-bond donors (Lipinski definition) is 3. The molecule has 5 rings (SSSR count). The molecule has 10 heteroatoms. The largest absolute Gasteiger partial charge is 0.467 e. The lowest BCUT2D eigenvalue weighted by Gasteiger charge is -2.29. The van der Waals surface area contributed by atoms with E-state index in [1.54, 1.807) is 17.6 Å². The number of furan rings is 1. The highest BCUT2D eigenvalue weighted by Gasteiger charge is 2.18. The number of piperidine rings is 1. The summed E-state index contributed by atoms with van der Waals surface area (Å²) in [7, 11) is 2.15. The van der Waals surface area contributed by atoms with E-state index in [1.807, 2.05) is 31.2 Å². The van der Waals surface area contributed by atoms with Gasteiger partial charge >= 0.3 is 0 Å². The molecular formula is C22H26N8OS. The van der Waals surface area contributed by atoms with Gasteiger partial charge in [-0.3, -0.25) is 0 Å². The van der Waals surface area contributed by atoms with Crippen molar-refractivity contribution in [2.24, 2.45) is 0 Å². The maximum atomic E-state index is 5.41. The fourth-order valence-electron chi connectivity index (χ4n) is 3.74. The zero-order valence-corrected chi connectivity index (χ0v) is 18.9. The molecule has 0 radical (unpaired) electrons. The van der Waals surface area contributed by atoms with Crippen LogP contribution in [0.3, 0.4) is 0 Å². The van der Waals surface area contributed by atoms with Crippen molar-refractivity contribution in [3.63, 3.8) is 0 Å². The number of hydrogen-bond acceptors (Lipinski definition) is 10. The number of rotatable bonds is 7. The van der Waals surface area contributed by atoms with Gasteiger partial charge in [-0.25, -0.2) is 4.98 Å². The number of anilines is 4. The third kappa shape index (κ3) is 4.97. The maximum Gasteiger partial charge on any atom is 0.233 e. The number of aryl methyl sites for hydroxylation is 1. The van der Waals surface area contributed by atoms with Gasteiger partial charge in [-0.15, -0.1) is 11.3 Å². The molecule has 32 heavy (non-hydrogen) atoms. The standard InChI is InChI=1S/C22H26N8OS/c1-14-24-18-6-5-16(12-19(18)32-14)26-22-28-20(23-13-17-4-3-11-31-17)27-21(29-22)25-15-7-9-30(2)10-8-15/h3-6,11-12,15H,7-10,13H2,1-2H3,(H3,23,25,26,27,28,29). The van der Waals surface area contributed by atoms with Crippen molar-refractivity contribution >= 4 is 45.1 Å². The van der Waals surface area contributed by atoms with Gasteiger partial charge in [0.25, 0.3) is 0 Å². The Morgan fingerprint density at radius 1 is 1.06 bits per heavy atom. The lowest BCUT2D eigenvalue weighted by atomic mass is 10.1. The van der Waals surface area contributed by atoms with Crippen molar-refractivity contribution in [1.29, 1.82) is 0 Å². The van der Waals surface area contributed by atoms with Crippen LogP contribution >= 0.6 is 11.3 Å². The van der Waals surface area contributed by atoms with Crippen LogP contribution in [0.4, 0.5) is 23.5 Å². The van der Waals surface area contributed by atoms with E-state index in [0.29, 0.717) is 30.4 Å². The summed E-state index contributed by atoms with van der Waals surface area (Å²) in [6, 6.07) is 10.2. The fraction of sp³-hybridized carbons (Fsp3) is 0.364. The van der Waals surface area contributed by atoms with Gasteiger partial charge in [0.1, 0.15) is 5.76 Å². The summed E-state index contributed by atoms with van der Waals surface area (Å²) in [5, 5.41) is 11.1. The number of nitrogens with one attached hydrogen (secondary N) is 3. The first kappa shape index (κ1) is 20.7. The van der Waals surface area contributed by atoms with Crippen LogP contribution in [0.25, 0.3) is 10.2 Å². The highest BCUT2D eigenvalue weighted by atomic mass is 32.1. The first-order valence-electron chi connectivity index (χ1n) is 10.7. The van der Waals surface area contributed by atoms with Gasteiger partial charge in [0, 0.05) is 11.7 Å². The first-order chi connectivity index (χ1) is 15.6. The van der Waals surface area contributed by atoms with Crippen molar-refractivity contribution in [3.8, 4) is 0 Å². The predicted octanol–water partition coefficient (Wildman–Crippen LogP) is 4.24. The number of aromatic nitrogens is 4. The molecule has 0 atom stereocenters. The minimum absolute atomic E-state index is 0.343. The zero-order valence-electron chi connectivity index (χ0n) is 18.1. The monoisotopic (exact) mass is 450 g/mol. The lowest BCUT2D eigenvalue weighted by molar-refractivity contribution is 0.263. The van der Waals surface area contributed by atoms with E-state index in [-0.39, 0.29) is 0 Å². The van der Waals surface area contributed by atoms with Crippen LogP contribution in [0, 0.1) is 6.92 Å². The average molecular weight is 451 g/mol. The molecule has 1 fully saturated rings. The summed E-state index contributed by atoms with van der Waals surface area (Å²) >= 11 is 1.67. The third-order valence-electron chi connectivity index (χ3n) is 5.44. The van der Waals surface area contributed by atoms with Crippen LogP contribution in [0.15, 0.2) is 41.0 Å². The topological polar surface area (TPSA) is 104 Å². The second-order valence-corrected chi connectivity index (χ2v) is 9.24. The normalized spacial score (nSPS) is 15.2. The number of nitrogens with zero attached hydrogens (tertiary/aromatic N) is 5. The van der Waals surface area contributed by atoms with Gasteiger partial charge in [-0.2, -0.15) is 15.0 Å². The van der Waals surface area contributed by atoms with Crippen LogP contribution in [-0.2, 0) is 6.54 Å². The molecule has 0 amide bonds. The van der Waals surface area contributed by atoms with E-state index >= 15 is 0 Å². The number of fused-ring (bicyclic) bond motifs is 1. The van der Waals surface area contributed by atoms with E-state index in [9.17, 15) is 0 Å². The van der Waals surface area contributed by atoms with Crippen molar-refractivity contribution in [2.75, 3.05) is 36.1 Å². The van der Waals surface area contributed by atoms with Crippen molar-refractivity contribution < 1.29 is 4.42 Å². The molecule has 1 aliphatic rings. The van der Waals surface area contributed by atoms with Crippen molar-refractivity contribution in [2.45, 2.75) is 32.4 Å². The molecule has 4 aromatic rings. The molecule has 4 heterocycles. The highest BCUT2D eigenvalue weighted by molar-refractivity contribution is 7.18. The Kier molecular flexibility index (Phi) is 5.87. The fourth-order valence-corrected chi connectivity index (χ4v) is 4.60. The minimum Gasteiger partial charge on any atom is -0.467 e. The van der Waals surface area contributed by atoms with Crippen molar-refractivity contribution in [3.05, 3.63) is 47.4 Å². The zero-order chi connectivity index (χ0) is 21.9. The van der Waals surface area contributed by atoms with Gasteiger partial charge < -0.3 is 25.3 Å². The number of thiazole rings is 1. The van der Waals surface area contributed by atoms with Crippen LogP contribution in [-0.4, -0.2) is 51.0 Å². The smallest absolute Gasteiger partial charge is 0.233 e. The molecule has 1 saturated heterocycles. The van der Waals surface area contributed by atoms with Crippen LogP contribution in [0.2, 0.25) is 0 Å². The average Bonchev–Trinajstić information content (AvgIpc) is 3.42. The maximum absolute atomic E-state index is 5.41. The second-order valence-electron chi connectivity index (χ2n) is 8.00. The molecule has 1 aromatic carbocycles. The quantitative estimate of drug-likeness (QED) is 0.381. The Bertz CT molecular complexity index is 1180. The Labute approximate surface area is 190 Å². The van der Waals surface area contributed by atoms with Gasteiger partial charge in [0.05, 0.1) is 28.0 Å². The van der Waals surface area contributed by atoms with E-state index in [1.165, 1.54) is 0 Å². The molecule has 0 aliphatic carbocycles. The van der Waals surface area contributed by atoms with E-state index in [2.05, 4.69) is 53.9 Å². The summed E-state index contributed by atoms with van der Waals surface area (Å²) in [5.41, 5.74) is 1.91. The van der Waals surface area contributed by atoms with Gasteiger partial charge in [0.2, 0.25) is 17.8 Å². The Balaban J connectivity index is 1.37.